The number of esters is 1. The van der Waals surface area contributed by atoms with E-state index in [1.54, 1.807) is 30.1 Å². The Morgan fingerprint density at radius 3 is 2.50 bits per heavy atom. The highest BCUT2D eigenvalue weighted by Crippen LogP contribution is 2.27. The zero-order valence-corrected chi connectivity index (χ0v) is 11.1. The molecule has 104 valence electrons. The first-order chi connectivity index (χ1) is 9.52. The van der Waals surface area contributed by atoms with Gasteiger partial charge in [0, 0.05) is 12.7 Å². The van der Waals surface area contributed by atoms with E-state index in [9.17, 15) is 9.18 Å². The Kier molecular flexibility index (Phi) is 3.84. The lowest BCUT2D eigenvalue weighted by atomic mass is 10.2. The van der Waals surface area contributed by atoms with E-state index in [1.165, 1.54) is 25.3 Å². The number of anilines is 3. The van der Waals surface area contributed by atoms with Gasteiger partial charge in [0.25, 0.3) is 0 Å². The molecule has 0 atom stereocenters. The number of aromatic nitrogens is 1. The summed E-state index contributed by atoms with van der Waals surface area (Å²) < 4.78 is 17.5. The van der Waals surface area contributed by atoms with Crippen LogP contribution in [0, 0.1) is 5.82 Å². The third-order valence-corrected chi connectivity index (χ3v) is 2.83. The van der Waals surface area contributed by atoms with Gasteiger partial charge in [0.2, 0.25) is 0 Å². The number of methoxy groups -OCH3 is 1. The highest BCUT2D eigenvalue weighted by Gasteiger charge is 2.14. The fourth-order valence-electron chi connectivity index (χ4n) is 1.73. The van der Waals surface area contributed by atoms with Gasteiger partial charge in [-0.05, 0) is 36.4 Å². The van der Waals surface area contributed by atoms with Gasteiger partial charge in [0.15, 0.2) is 11.5 Å². The Bertz CT molecular complexity index is 629. The number of hydrogen-bond acceptors (Lipinski definition) is 5. The first kappa shape index (κ1) is 13.8. The molecule has 2 aromatic rings. The molecule has 5 nitrogen and oxygen atoms in total. The number of halogens is 1. The van der Waals surface area contributed by atoms with E-state index < -0.39 is 5.97 Å². The first-order valence-corrected chi connectivity index (χ1v) is 5.87. The molecule has 0 amide bonds. The van der Waals surface area contributed by atoms with Gasteiger partial charge in [-0.3, -0.25) is 0 Å². The van der Waals surface area contributed by atoms with Crippen LogP contribution in [-0.4, -0.2) is 25.1 Å². The number of pyridine rings is 1. The van der Waals surface area contributed by atoms with Crippen molar-refractivity contribution >= 4 is 23.2 Å². The van der Waals surface area contributed by atoms with Gasteiger partial charge in [-0.1, -0.05) is 0 Å². The molecular formula is C14H14FN3O2. The number of hydrogen-bond donors (Lipinski definition) is 1. The van der Waals surface area contributed by atoms with Gasteiger partial charge in [-0.25, -0.2) is 14.2 Å². The van der Waals surface area contributed by atoms with Crippen molar-refractivity contribution in [2.45, 2.75) is 0 Å². The molecule has 1 heterocycles. The van der Waals surface area contributed by atoms with E-state index in [2.05, 4.69) is 9.72 Å². The minimum Gasteiger partial charge on any atom is -0.464 e. The van der Waals surface area contributed by atoms with Gasteiger partial charge in [0.1, 0.15) is 5.82 Å². The molecule has 2 rings (SSSR count). The Balaban J connectivity index is 2.40. The fraction of sp³-hybridized carbons (Fsp3) is 0.143. The molecule has 6 heteroatoms. The summed E-state index contributed by atoms with van der Waals surface area (Å²) in [6.45, 7) is 0. The van der Waals surface area contributed by atoms with Crippen LogP contribution in [0.4, 0.5) is 21.6 Å². The SMILES string of the molecule is COC(=O)c1ccc(N)c(N(C)c2ccc(F)cc2)n1. The Labute approximate surface area is 115 Å². The van der Waals surface area contributed by atoms with E-state index in [0.29, 0.717) is 17.2 Å². The molecule has 20 heavy (non-hydrogen) atoms. The van der Waals surface area contributed by atoms with E-state index in [0.717, 1.165) is 0 Å². The summed E-state index contributed by atoms with van der Waals surface area (Å²) in [6, 6.07) is 8.94. The van der Waals surface area contributed by atoms with Gasteiger partial charge in [-0.15, -0.1) is 0 Å². The standard InChI is InChI=1S/C14H14FN3O2/c1-18(10-5-3-9(15)4-6-10)13-11(16)7-8-12(17-13)14(19)20-2/h3-8H,16H2,1-2H3. The average Bonchev–Trinajstić information content (AvgIpc) is 2.47. The number of carbonyl (C=O) groups is 1. The smallest absolute Gasteiger partial charge is 0.356 e. The number of nitrogens with two attached hydrogens (primary N) is 1. The lowest BCUT2D eigenvalue weighted by Crippen LogP contribution is -2.16. The summed E-state index contributed by atoms with van der Waals surface area (Å²) in [7, 11) is 3.01. The molecule has 0 aliphatic carbocycles. The molecule has 0 aliphatic heterocycles. The number of nitrogens with zero attached hydrogens (tertiary/aromatic N) is 2. The molecule has 0 unspecified atom stereocenters. The van der Waals surface area contributed by atoms with E-state index >= 15 is 0 Å². The fourth-order valence-corrected chi connectivity index (χ4v) is 1.73. The normalized spacial score (nSPS) is 10.2. The largest absolute Gasteiger partial charge is 0.464 e. The summed E-state index contributed by atoms with van der Waals surface area (Å²) in [5, 5.41) is 0. The van der Waals surface area contributed by atoms with Crippen LogP contribution in [0.5, 0.6) is 0 Å². The molecule has 0 aliphatic rings. The first-order valence-electron chi connectivity index (χ1n) is 5.87. The van der Waals surface area contributed by atoms with Gasteiger partial charge >= 0.3 is 5.97 Å². The molecule has 2 N–H and O–H groups in total. The van der Waals surface area contributed by atoms with Crippen molar-refractivity contribution < 1.29 is 13.9 Å². The van der Waals surface area contributed by atoms with Crippen LogP contribution in [0.3, 0.4) is 0 Å². The van der Waals surface area contributed by atoms with E-state index in [1.807, 2.05) is 0 Å². The monoisotopic (exact) mass is 275 g/mol. The summed E-state index contributed by atoms with van der Waals surface area (Å²) in [4.78, 5) is 17.3. The molecular weight excluding hydrogens is 261 g/mol. The second kappa shape index (κ2) is 5.56. The zero-order chi connectivity index (χ0) is 14.7. The summed E-state index contributed by atoms with van der Waals surface area (Å²) in [5.41, 5.74) is 7.14. The van der Waals surface area contributed by atoms with Gasteiger partial charge in [0.05, 0.1) is 12.8 Å². The maximum Gasteiger partial charge on any atom is 0.356 e. The Morgan fingerprint density at radius 2 is 1.90 bits per heavy atom. The minimum absolute atomic E-state index is 0.158. The lowest BCUT2D eigenvalue weighted by molar-refractivity contribution is 0.0594. The van der Waals surface area contributed by atoms with Crippen LogP contribution >= 0.6 is 0 Å². The molecule has 1 aromatic carbocycles. The molecule has 0 saturated carbocycles. The quantitative estimate of drug-likeness (QED) is 0.871. The van der Waals surface area contributed by atoms with Crippen LogP contribution in [0.1, 0.15) is 10.5 Å². The number of ether oxygens (including phenoxy) is 1. The maximum atomic E-state index is 12.9. The van der Waals surface area contributed by atoms with Crippen molar-refractivity contribution in [3.8, 4) is 0 Å². The highest BCUT2D eigenvalue weighted by atomic mass is 19.1. The minimum atomic E-state index is -0.543. The number of nitrogen functional groups attached to an aromatic ring is 1. The third-order valence-electron chi connectivity index (χ3n) is 2.83. The maximum absolute atomic E-state index is 12.9. The topological polar surface area (TPSA) is 68.5 Å². The second-order valence-electron chi connectivity index (χ2n) is 4.14. The highest BCUT2D eigenvalue weighted by molar-refractivity contribution is 5.89. The van der Waals surface area contributed by atoms with Crippen molar-refractivity contribution in [1.82, 2.24) is 4.98 Å². The van der Waals surface area contributed by atoms with Crippen LogP contribution in [-0.2, 0) is 4.74 Å². The summed E-state index contributed by atoms with van der Waals surface area (Å²) in [5.74, 6) is -0.468. The molecule has 0 fully saturated rings. The molecule has 1 aromatic heterocycles. The molecule has 0 saturated heterocycles. The van der Waals surface area contributed by atoms with Crippen molar-refractivity contribution in [1.29, 1.82) is 0 Å². The van der Waals surface area contributed by atoms with Crippen molar-refractivity contribution in [2.24, 2.45) is 0 Å². The second-order valence-corrected chi connectivity index (χ2v) is 4.14. The third kappa shape index (κ3) is 2.69. The lowest BCUT2D eigenvalue weighted by Gasteiger charge is -2.20. The van der Waals surface area contributed by atoms with Crippen LogP contribution < -0.4 is 10.6 Å². The van der Waals surface area contributed by atoms with Crippen LogP contribution in [0.2, 0.25) is 0 Å². The number of rotatable bonds is 3. The molecule has 0 spiro atoms. The van der Waals surface area contributed by atoms with Crippen molar-refractivity contribution in [2.75, 3.05) is 24.8 Å². The van der Waals surface area contributed by atoms with E-state index in [4.69, 9.17) is 5.73 Å². The van der Waals surface area contributed by atoms with Crippen LogP contribution in [0.15, 0.2) is 36.4 Å². The number of carbonyl (C=O) groups excluding carboxylic acids is 1. The average molecular weight is 275 g/mol. The van der Waals surface area contributed by atoms with Gasteiger partial charge < -0.3 is 15.4 Å². The Morgan fingerprint density at radius 1 is 1.25 bits per heavy atom. The van der Waals surface area contributed by atoms with E-state index in [-0.39, 0.29) is 11.5 Å². The van der Waals surface area contributed by atoms with Crippen molar-refractivity contribution in [3.63, 3.8) is 0 Å². The zero-order valence-electron chi connectivity index (χ0n) is 11.1. The summed E-state index contributed by atoms with van der Waals surface area (Å²) in [6.07, 6.45) is 0. The van der Waals surface area contributed by atoms with Gasteiger partial charge in [-0.2, -0.15) is 0 Å². The Hall–Kier alpha value is -2.63. The van der Waals surface area contributed by atoms with Crippen LogP contribution in [0.25, 0.3) is 0 Å². The predicted molar refractivity (Wildman–Crippen MR) is 74.5 cm³/mol. The van der Waals surface area contributed by atoms with Crippen molar-refractivity contribution in [3.05, 3.63) is 47.9 Å². The molecule has 0 bridgehead atoms. The molecule has 0 radical (unpaired) electrons. The summed E-state index contributed by atoms with van der Waals surface area (Å²) >= 11 is 0. The predicted octanol–water partition coefficient (Wildman–Crippen LogP) is 2.36. The number of benzene rings is 1.